The first kappa shape index (κ1) is 25.3. The first-order valence-electron chi connectivity index (χ1n) is 11.6. The number of morpholine rings is 1. The number of ether oxygens (including phenoxy) is 2. The predicted molar refractivity (Wildman–Crippen MR) is 127 cm³/mol. The molecule has 0 radical (unpaired) electrons. The van der Waals surface area contributed by atoms with Crippen molar-refractivity contribution in [2.45, 2.75) is 25.4 Å². The molecule has 0 bridgehead atoms. The van der Waals surface area contributed by atoms with E-state index >= 15 is 4.39 Å². The van der Waals surface area contributed by atoms with Gasteiger partial charge in [0, 0.05) is 19.5 Å². The normalized spacial score (nSPS) is 15.9. The van der Waals surface area contributed by atoms with Crippen molar-refractivity contribution in [1.29, 1.82) is 0 Å². The highest BCUT2D eigenvalue weighted by molar-refractivity contribution is 5.53. The summed E-state index contributed by atoms with van der Waals surface area (Å²) in [7, 11) is 0. The van der Waals surface area contributed by atoms with Crippen LogP contribution in [0.25, 0.3) is 0 Å². The highest BCUT2D eigenvalue weighted by Gasteiger charge is 2.32. The van der Waals surface area contributed by atoms with E-state index in [2.05, 4.69) is 40.6 Å². The highest BCUT2D eigenvalue weighted by atomic mass is 19.4. The lowest BCUT2D eigenvalue weighted by Crippen LogP contribution is -2.40. The fourth-order valence-electron chi connectivity index (χ4n) is 4.11. The molecule has 1 atom stereocenters. The molecule has 5 rings (SSSR count). The summed E-state index contributed by atoms with van der Waals surface area (Å²) in [5, 5.41) is 16.8. The number of hydrogen-bond acceptors (Lipinski definition) is 9. The minimum atomic E-state index is -4.79. The zero-order chi connectivity index (χ0) is 26.5. The molecule has 2 aromatic heterocycles. The van der Waals surface area contributed by atoms with Crippen molar-refractivity contribution in [3.05, 3.63) is 83.2 Å². The average Bonchev–Trinajstić information content (AvgIpc) is 3.42. The van der Waals surface area contributed by atoms with E-state index in [0.29, 0.717) is 37.5 Å². The third-order valence-electron chi connectivity index (χ3n) is 5.90. The maximum absolute atomic E-state index is 15.5. The van der Waals surface area contributed by atoms with Crippen LogP contribution in [0.4, 0.5) is 29.2 Å². The van der Waals surface area contributed by atoms with Crippen LogP contribution >= 0.6 is 0 Å². The predicted octanol–water partition coefficient (Wildman–Crippen LogP) is 3.81. The standard InChI is InChI=1S/C24H22F4N8O2/c25-21-22(29-12-16-3-1-15(2-4-16)11-20-32-34-35-33-20)30-14-31-23(21)36-9-10-37-13-19(36)17-5-7-18(8-6-17)38-24(26,27)28/h1-8,14,19H,9-13H2,(H,29,30,31)(H,32,33,34,35). The summed E-state index contributed by atoms with van der Waals surface area (Å²) in [5.41, 5.74) is 2.54. The van der Waals surface area contributed by atoms with Crippen LogP contribution in [-0.4, -0.2) is 56.7 Å². The maximum atomic E-state index is 15.5. The van der Waals surface area contributed by atoms with Crippen LogP contribution in [0.3, 0.4) is 0 Å². The number of H-pyrrole nitrogens is 1. The van der Waals surface area contributed by atoms with Crippen molar-refractivity contribution in [1.82, 2.24) is 30.6 Å². The van der Waals surface area contributed by atoms with E-state index in [-0.39, 0.29) is 24.0 Å². The number of hydrogen-bond donors (Lipinski definition) is 2. The van der Waals surface area contributed by atoms with E-state index in [1.165, 1.54) is 30.6 Å². The minimum Gasteiger partial charge on any atom is -0.406 e. The van der Waals surface area contributed by atoms with Crippen molar-refractivity contribution < 1.29 is 27.0 Å². The Balaban J connectivity index is 1.28. The van der Waals surface area contributed by atoms with Crippen LogP contribution in [0.15, 0.2) is 54.9 Å². The van der Waals surface area contributed by atoms with Gasteiger partial charge in [0.25, 0.3) is 0 Å². The van der Waals surface area contributed by atoms with E-state index in [9.17, 15) is 13.2 Å². The molecule has 14 heteroatoms. The second-order valence-corrected chi connectivity index (χ2v) is 8.44. The molecule has 1 unspecified atom stereocenters. The molecule has 198 valence electrons. The quantitative estimate of drug-likeness (QED) is 0.328. The van der Waals surface area contributed by atoms with Gasteiger partial charge in [0.05, 0.1) is 19.3 Å². The van der Waals surface area contributed by atoms with Crippen molar-refractivity contribution in [3.8, 4) is 5.75 Å². The molecule has 3 heterocycles. The zero-order valence-corrected chi connectivity index (χ0v) is 19.8. The van der Waals surface area contributed by atoms with Gasteiger partial charge in [-0.05, 0) is 28.8 Å². The largest absolute Gasteiger partial charge is 0.573 e. The summed E-state index contributed by atoms with van der Waals surface area (Å²) >= 11 is 0. The van der Waals surface area contributed by atoms with Crippen LogP contribution in [0, 0.1) is 5.82 Å². The van der Waals surface area contributed by atoms with Gasteiger partial charge in [-0.3, -0.25) is 0 Å². The lowest BCUT2D eigenvalue weighted by atomic mass is 10.0. The Morgan fingerprint density at radius 1 is 1.05 bits per heavy atom. The van der Waals surface area contributed by atoms with Crippen LogP contribution < -0.4 is 15.0 Å². The van der Waals surface area contributed by atoms with Gasteiger partial charge in [-0.1, -0.05) is 41.6 Å². The minimum absolute atomic E-state index is 0.0324. The monoisotopic (exact) mass is 530 g/mol. The van der Waals surface area contributed by atoms with E-state index in [1.54, 1.807) is 4.90 Å². The van der Waals surface area contributed by atoms with Crippen LogP contribution in [0.2, 0.25) is 0 Å². The number of nitrogens with one attached hydrogen (secondary N) is 2. The second-order valence-electron chi connectivity index (χ2n) is 8.44. The van der Waals surface area contributed by atoms with Gasteiger partial charge in [0.1, 0.15) is 12.1 Å². The number of rotatable bonds is 8. The molecule has 1 saturated heterocycles. The molecular weight excluding hydrogens is 508 g/mol. The Labute approximate surface area is 214 Å². The number of alkyl halides is 3. The number of tetrazole rings is 1. The molecule has 2 aromatic carbocycles. The first-order chi connectivity index (χ1) is 18.4. The number of aromatic nitrogens is 6. The fourth-order valence-corrected chi connectivity index (χ4v) is 4.11. The first-order valence-corrected chi connectivity index (χ1v) is 11.6. The third-order valence-corrected chi connectivity index (χ3v) is 5.90. The number of benzene rings is 2. The van der Waals surface area contributed by atoms with Crippen LogP contribution in [-0.2, 0) is 17.7 Å². The Kier molecular flexibility index (Phi) is 7.31. The van der Waals surface area contributed by atoms with Gasteiger partial charge in [-0.2, -0.15) is 9.60 Å². The summed E-state index contributed by atoms with van der Waals surface area (Å²) in [6.45, 7) is 1.21. The van der Waals surface area contributed by atoms with Gasteiger partial charge in [0.2, 0.25) is 5.82 Å². The molecule has 1 fully saturated rings. The summed E-state index contributed by atoms with van der Waals surface area (Å²) in [4.78, 5) is 9.93. The zero-order valence-electron chi connectivity index (χ0n) is 19.8. The molecule has 0 saturated carbocycles. The molecule has 38 heavy (non-hydrogen) atoms. The highest BCUT2D eigenvalue weighted by Crippen LogP contribution is 2.33. The number of halogens is 4. The molecule has 10 nitrogen and oxygen atoms in total. The average molecular weight is 530 g/mol. The van der Waals surface area contributed by atoms with E-state index < -0.39 is 18.2 Å². The van der Waals surface area contributed by atoms with Crippen LogP contribution in [0.1, 0.15) is 28.6 Å². The number of aromatic amines is 1. The van der Waals surface area contributed by atoms with Crippen molar-refractivity contribution >= 4 is 11.6 Å². The lowest BCUT2D eigenvalue weighted by Gasteiger charge is -2.37. The van der Waals surface area contributed by atoms with Gasteiger partial charge >= 0.3 is 6.36 Å². The summed E-state index contributed by atoms with van der Waals surface area (Å²) in [5.74, 6) is -0.289. The van der Waals surface area contributed by atoms with Gasteiger partial charge in [-0.15, -0.1) is 23.4 Å². The van der Waals surface area contributed by atoms with Gasteiger partial charge < -0.3 is 19.7 Å². The topological polar surface area (TPSA) is 114 Å². The van der Waals surface area contributed by atoms with Crippen LogP contribution in [0.5, 0.6) is 5.75 Å². The molecule has 0 spiro atoms. The van der Waals surface area contributed by atoms with E-state index in [0.717, 1.165) is 11.1 Å². The second kappa shape index (κ2) is 11.0. The van der Waals surface area contributed by atoms with Crippen molar-refractivity contribution in [2.75, 3.05) is 30.0 Å². The number of nitrogens with zero attached hydrogens (tertiary/aromatic N) is 6. The molecular formula is C24H22F4N8O2. The Hall–Kier alpha value is -4.33. The van der Waals surface area contributed by atoms with Gasteiger partial charge in [0.15, 0.2) is 17.5 Å². The fraction of sp³-hybridized carbons (Fsp3) is 0.292. The Bertz CT molecular complexity index is 1340. The molecule has 1 aliphatic heterocycles. The summed E-state index contributed by atoms with van der Waals surface area (Å²) in [6, 6.07) is 12.6. The SMILES string of the molecule is Fc1c(NCc2ccc(Cc3nn[nH]n3)cc2)ncnc1N1CCOCC1c1ccc(OC(F)(F)F)cc1. The van der Waals surface area contributed by atoms with Crippen molar-refractivity contribution in [3.63, 3.8) is 0 Å². The Morgan fingerprint density at radius 2 is 1.82 bits per heavy atom. The maximum Gasteiger partial charge on any atom is 0.573 e. The smallest absolute Gasteiger partial charge is 0.406 e. The molecule has 0 amide bonds. The molecule has 4 aromatic rings. The van der Waals surface area contributed by atoms with E-state index in [1.807, 2.05) is 24.3 Å². The molecule has 0 aliphatic carbocycles. The molecule has 2 N–H and O–H groups in total. The summed E-state index contributed by atoms with van der Waals surface area (Å²) in [6.07, 6.45) is -2.99. The molecule has 1 aliphatic rings. The van der Waals surface area contributed by atoms with E-state index in [4.69, 9.17) is 4.74 Å². The van der Waals surface area contributed by atoms with Gasteiger partial charge in [-0.25, -0.2) is 9.97 Å². The third kappa shape index (κ3) is 6.14. The Morgan fingerprint density at radius 3 is 2.53 bits per heavy atom. The van der Waals surface area contributed by atoms with Crippen molar-refractivity contribution in [2.24, 2.45) is 0 Å². The summed E-state index contributed by atoms with van der Waals surface area (Å²) < 4.78 is 62.5. The lowest BCUT2D eigenvalue weighted by molar-refractivity contribution is -0.274. The number of anilines is 2.